The molecule has 1 saturated carbocycles. The molecule has 6 heteroatoms. The number of nitrogens with two attached hydrogens (primary N) is 1. The summed E-state index contributed by atoms with van der Waals surface area (Å²) in [5.41, 5.74) is 4.68. The van der Waals surface area contributed by atoms with E-state index in [0.29, 0.717) is 18.4 Å². The van der Waals surface area contributed by atoms with Crippen molar-refractivity contribution < 1.29 is 14.7 Å². The fourth-order valence-electron chi connectivity index (χ4n) is 2.06. The number of ether oxygens (including phenoxy) is 1. The number of hydrogen-bond donors (Lipinski definition) is 3. The molecule has 1 amide bonds. The van der Waals surface area contributed by atoms with Gasteiger partial charge in [0.05, 0.1) is 11.6 Å². The zero-order valence-corrected chi connectivity index (χ0v) is 11.3. The maximum atomic E-state index is 11.8. The summed E-state index contributed by atoms with van der Waals surface area (Å²) >= 11 is 0. The SMILES string of the molecule is CCOC1CC(CC(=O)NC(C)(C)C(N)=NO)C1. The summed E-state index contributed by atoms with van der Waals surface area (Å²) in [5, 5.41) is 14.3. The zero-order valence-electron chi connectivity index (χ0n) is 11.3. The van der Waals surface area contributed by atoms with Gasteiger partial charge in [-0.3, -0.25) is 4.79 Å². The predicted octanol–water partition coefficient (Wildman–Crippen LogP) is 0.833. The van der Waals surface area contributed by atoms with Crippen LogP contribution in [0.15, 0.2) is 5.16 Å². The molecule has 0 aromatic carbocycles. The van der Waals surface area contributed by atoms with Crippen molar-refractivity contribution in [3.05, 3.63) is 0 Å². The van der Waals surface area contributed by atoms with Crippen LogP contribution in [0, 0.1) is 5.92 Å². The fourth-order valence-corrected chi connectivity index (χ4v) is 2.06. The average molecular weight is 257 g/mol. The Morgan fingerprint density at radius 3 is 2.67 bits per heavy atom. The Bertz CT molecular complexity index is 323. The van der Waals surface area contributed by atoms with Crippen molar-refractivity contribution in [3.63, 3.8) is 0 Å². The third kappa shape index (κ3) is 3.87. The molecule has 104 valence electrons. The Morgan fingerprint density at radius 2 is 2.17 bits per heavy atom. The molecule has 0 aliphatic heterocycles. The van der Waals surface area contributed by atoms with Crippen molar-refractivity contribution >= 4 is 11.7 Å². The van der Waals surface area contributed by atoms with Crippen LogP contribution >= 0.6 is 0 Å². The monoisotopic (exact) mass is 257 g/mol. The number of amidine groups is 1. The van der Waals surface area contributed by atoms with E-state index in [1.54, 1.807) is 13.8 Å². The van der Waals surface area contributed by atoms with E-state index in [0.717, 1.165) is 19.4 Å². The third-order valence-corrected chi connectivity index (χ3v) is 3.27. The quantitative estimate of drug-likeness (QED) is 0.284. The molecule has 0 atom stereocenters. The lowest BCUT2D eigenvalue weighted by Gasteiger charge is -2.35. The number of rotatable bonds is 6. The lowest BCUT2D eigenvalue weighted by molar-refractivity contribution is -0.125. The summed E-state index contributed by atoms with van der Waals surface area (Å²) in [6.45, 7) is 6.09. The second-order valence-corrected chi connectivity index (χ2v) is 5.28. The number of nitrogens with one attached hydrogen (secondary N) is 1. The minimum atomic E-state index is -0.825. The Morgan fingerprint density at radius 1 is 1.56 bits per heavy atom. The molecule has 0 radical (unpaired) electrons. The summed E-state index contributed by atoms with van der Waals surface area (Å²) in [4.78, 5) is 11.8. The summed E-state index contributed by atoms with van der Waals surface area (Å²) < 4.78 is 5.44. The highest BCUT2D eigenvalue weighted by Crippen LogP contribution is 2.32. The van der Waals surface area contributed by atoms with E-state index in [-0.39, 0.29) is 11.7 Å². The molecule has 1 aliphatic rings. The third-order valence-electron chi connectivity index (χ3n) is 3.27. The van der Waals surface area contributed by atoms with Crippen molar-refractivity contribution in [1.29, 1.82) is 0 Å². The largest absolute Gasteiger partial charge is 0.409 e. The van der Waals surface area contributed by atoms with Gasteiger partial charge in [-0.25, -0.2) is 0 Å². The molecule has 0 spiro atoms. The molecule has 0 aromatic heterocycles. The summed E-state index contributed by atoms with van der Waals surface area (Å²) in [7, 11) is 0. The van der Waals surface area contributed by atoms with Crippen LogP contribution in [0.4, 0.5) is 0 Å². The van der Waals surface area contributed by atoms with Crippen LogP contribution in [0.3, 0.4) is 0 Å². The Hall–Kier alpha value is -1.30. The molecule has 1 aliphatic carbocycles. The predicted molar refractivity (Wildman–Crippen MR) is 68.4 cm³/mol. The van der Waals surface area contributed by atoms with Crippen LogP contribution in [-0.4, -0.2) is 35.2 Å². The van der Waals surface area contributed by atoms with Gasteiger partial charge in [-0.05, 0) is 39.5 Å². The van der Waals surface area contributed by atoms with E-state index in [1.165, 1.54) is 0 Å². The molecule has 18 heavy (non-hydrogen) atoms. The molecule has 0 bridgehead atoms. The second kappa shape index (κ2) is 6.04. The molecule has 0 aromatic rings. The number of carbonyl (C=O) groups is 1. The van der Waals surface area contributed by atoms with Gasteiger partial charge in [0, 0.05) is 13.0 Å². The van der Waals surface area contributed by atoms with Crippen LogP contribution in [0.1, 0.15) is 40.0 Å². The molecule has 0 saturated heterocycles. The lowest BCUT2D eigenvalue weighted by atomic mass is 9.79. The molecular formula is C12H23N3O3. The van der Waals surface area contributed by atoms with E-state index in [2.05, 4.69) is 10.5 Å². The molecule has 4 N–H and O–H groups in total. The van der Waals surface area contributed by atoms with Gasteiger partial charge in [-0.2, -0.15) is 0 Å². The Labute approximate surface area is 108 Å². The summed E-state index contributed by atoms with van der Waals surface area (Å²) in [6, 6.07) is 0. The highest BCUT2D eigenvalue weighted by atomic mass is 16.5. The fraction of sp³-hybridized carbons (Fsp3) is 0.833. The minimum absolute atomic E-state index is 0.00310. The molecular weight excluding hydrogens is 234 g/mol. The van der Waals surface area contributed by atoms with Gasteiger partial charge in [0.1, 0.15) is 0 Å². The lowest BCUT2D eigenvalue weighted by Crippen LogP contribution is -2.53. The van der Waals surface area contributed by atoms with E-state index in [1.807, 2.05) is 6.92 Å². The van der Waals surface area contributed by atoms with E-state index in [4.69, 9.17) is 15.7 Å². The van der Waals surface area contributed by atoms with Crippen LogP contribution in [-0.2, 0) is 9.53 Å². The van der Waals surface area contributed by atoms with E-state index in [9.17, 15) is 4.79 Å². The first-order valence-electron chi connectivity index (χ1n) is 6.29. The number of nitrogens with zero attached hydrogens (tertiary/aromatic N) is 1. The highest BCUT2D eigenvalue weighted by molar-refractivity contribution is 5.93. The van der Waals surface area contributed by atoms with Crippen LogP contribution < -0.4 is 11.1 Å². The van der Waals surface area contributed by atoms with Crippen LogP contribution in [0.2, 0.25) is 0 Å². The van der Waals surface area contributed by atoms with Crippen LogP contribution in [0.25, 0.3) is 0 Å². The van der Waals surface area contributed by atoms with Gasteiger partial charge < -0.3 is 21.0 Å². The summed E-state index contributed by atoms with van der Waals surface area (Å²) in [5.74, 6) is 0.299. The van der Waals surface area contributed by atoms with Crippen LogP contribution in [0.5, 0.6) is 0 Å². The second-order valence-electron chi connectivity index (χ2n) is 5.28. The van der Waals surface area contributed by atoms with E-state index < -0.39 is 5.54 Å². The first kappa shape index (κ1) is 14.8. The maximum absolute atomic E-state index is 11.8. The molecule has 1 fully saturated rings. The van der Waals surface area contributed by atoms with Crippen molar-refractivity contribution in [2.45, 2.75) is 51.7 Å². The van der Waals surface area contributed by atoms with Crippen molar-refractivity contribution in [3.8, 4) is 0 Å². The maximum Gasteiger partial charge on any atom is 0.221 e. The van der Waals surface area contributed by atoms with Gasteiger partial charge >= 0.3 is 0 Å². The molecule has 1 rings (SSSR count). The standard InChI is InChI=1S/C12H23N3O3/c1-4-18-9-5-8(6-9)7-10(16)14-12(2,3)11(13)15-17/h8-9,17H,4-7H2,1-3H3,(H2,13,15)(H,14,16). The van der Waals surface area contributed by atoms with E-state index >= 15 is 0 Å². The Kier molecular flexibility index (Phi) is 4.95. The number of oxime groups is 1. The van der Waals surface area contributed by atoms with Gasteiger partial charge in [0.15, 0.2) is 5.84 Å². The molecule has 0 heterocycles. The minimum Gasteiger partial charge on any atom is -0.409 e. The number of carbonyl (C=O) groups excluding carboxylic acids is 1. The van der Waals surface area contributed by atoms with Gasteiger partial charge in [-0.15, -0.1) is 0 Å². The topological polar surface area (TPSA) is 96.9 Å². The first-order valence-corrected chi connectivity index (χ1v) is 6.29. The smallest absolute Gasteiger partial charge is 0.221 e. The molecule has 0 unspecified atom stereocenters. The normalized spacial score (nSPS) is 24.5. The number of hydrogen-bond acceptors (Lipinski definition) is 4. The average Bonchev–Trinajstić information content (AvgIpc) is 2.24. The summed E-state index contributed by atoms with van der Waals surface area (Å²) in [6.07, 6.45) is 2.65. The van der Waals surface area contributed by atoms with Crippen molar-refractivity contribution in [2.24, 2.45) is 16.8 Å². The zero-order chi connectivity index (χ0) is 13.8. The van der Waals surface area contributed by atoms with Gasteiger partial charge in [0.25, 0.3) is 0 Å². The number of amides is 1. The Balaban J connectivity index is 2.31. The first-order chi connectivity index (χ1) is 8.39. The highest BCUT2D eigenvalue weighted by Gasteiger charge is 2.33. The molecule has 6 nitrogen and oxygen atoms in total. The van der Waals surface area contributed by atoms with Crippen molar-refractivity contribution in [2.75, 3.05) is 6.61 Å². The van der Waals surface area contributed by atoms with Gasteiger partial charge in [0.2, 0.25) is 5.91 Å². The van der Waals surface area contributed by atoms with Crippen molar-refractivity contribution in [1.82, 2.24) is 5.32 Å². The van der Waals surface area contributed by atoms with Gasteiger partial charge in [-0.1, -0.05) is 5.16 Å².